The Morgan fingerprint density at radius 3 is 2.48 bits per heavy atom. The maximum atomic E-state index is 12.1. The molecule has 0 aromatic heterocycles. The Labute approximate surface area is 138 Å². The SMILES string of the molecule is Cc1cc(C=N)c(N)cc1C1CCN(C(=O)OC(C)(C)C)CC1. The highest BCUT2D eigenvalue weighted by Gasteiger charge is 2.28. The zero-order chi connectivity index (χ0) is 17.2. The van der Waals surface area contributed by atoms with Gasteiger partial charge in [-0.3, -0.25) is 0 Å². The first-order valence-electron chi connectivity index (χ1n) is 8.09. The van der Waals surface area contributed by atoms with Gasteiger partial charge >= 0.3 is 6.09 Å². The van der Waals surface area contributed by atoms with Gasteiger partial charge in [-0.2, -0.15) is 0 Å². The quantitative estimate of drug-likeness (QED) is 0.645. The van der Waals surface area contributed by atoms with Crippen molar-refractivity contribution in [2.75, 3.05) is 18.8 Å². The maximum Gasteiger partial charge on any atom is 0.410 e. The summed E-state index contributed by atoms with van der Waals surface area (Å²) in [5, 5.41) is 7.38. The fourth-order valence-corrected chi connectivity index (χ4v) is 3.03. The number of nitrogens with one attached hydrogen (secondary N) is 1. The molecule has 1 aliphatic heterocycles. The molecule has 5 heteroatoms. The molecule has 126 valence electrons. The number of nitrogen functional groups attached to an aromatic ring is 1. The summed E-state index contributed by atoms with van der Waals surface area (Å²) >= 11 is 0. The van der Waals surface area contributed by atoms with Gasteiger partial charge in [0, 0.05) is 30.6 Å². The van der Waals surface area contributed by atoms with Gasteiger partial charge in [-0.25, -0.2) is 4.79 Å². The molecule has 0 saturated carbocycles. The molecule has 5 nitrogen and oxygen atoms in total. The van der Waals surface area contributed by atoms with Gasteiger partial charge in [0.1, 0.15) is 5.60 Å². The molecule has 0 spiro atoms. The molecular formula is C18H27N3O2. The zero-order valence-corrected chi connectivity index (χ0v) is 14.5. The highest BCUT2D eigenvalue weighted by Crippen LogP contribution is 2.32. The molecule has 0 radical (unpaired) electrons. The summed E-state index contributed by atoms with van der Waals surface area (Å²) in [6.45, 7) is 9.11. The number of hydrogen-bond donors (Lipinski definition) is 2. The number of anilines is 1. The highest BCUT2D eigenvalue weighted by molar-refractivity contribution is 5.85. The molecule has 1 heterocycles. The van der Waals surface area contributed by atoms with Crippen molar-refractivity contribution in [1.82, 2.24) is 4.90 Å². The molecule has 1 fully saturated rings. The number of benzene rings is 1. The van der Waals surface area contributed by atoms with Gasteiger partial charge in [0.15, 0.2) is 0 Å². The van der Waals surface area contributed by atoms with Crippen molar-refractivity contribution in [2.24, 2.45) is 0 Å². The summed E-state index contributed by atoms with van der Waals surface area (Å²) in [7, 11) is 0. The van der Waals surface area contributed by atoms with Gasteiger partial charge < -0.3 is 20.8 Å². The zero-order valence-electron chi connectivity index (χ0n) is 14.5. The predicted molar refractivity (Wildman–Crippen MR) is 93.3 cm³/mol. The molecular weight excluding hydrogens is 290 g/mol. The first-order chi connectivity index (χ1) is 10.7. The van der Waals surface area contributed by atoms with Crippen LogP contribution >= 0.6 is 0 Å². The van der Waals surface area contributed by atoms with E-state index in [1.165, 1.54) is 11.8 Å². The van der Waals surface area contributed by atoms with E-state index in [1.807, 2.05) is 32.9 Å². The third kappa shape index (κ3) is 4.24. The van der Waals surface area contributed by atoms with Gasteiger partial charge in [0.25, 0.3) is 0 Å². The summed E-state index contributed by atoms with van der Waals surface area (Å²) in [5.41, 5.74) is 9.36. The van der Waals surface area contributed by atoms with E-state index >= 15 is 0 Å². The standard InChI is InChI=1S/C18H27N3O2/c1-12-9-14(11-19)16(20)10-15(12)13-5-7-21(8-6-13)17(22)23-18(2,3)4/h9-11,13,19H,5-8,20H2,1-4H3. The predicted octanol–water partition coefficient (Wildman–Crippen LogP) is 3.69. The Kier molecular flexibility index (Phi) is 4.97. The van der Waals surface area contributed by atoms with Crippen molar-refractivity contribution in [2.45, 2.75) is 52.1 Å². The van der Waals surface area contributed by atoms with E-state index in [1.54, 1.807) is 4.90 Å². The average Bonchev–Trinajstić information content (AvgIpc) is 2.47. The number of hydrogen-bond acceptors (Lipinski definition) is 4. The Morgan fingerprint density at radius 2 is 1.96 bits per heavy atom. The summed E-state index contributed by atoms with van der Waals surface area (Å²) in [5.74, 6) is 0.399. The molecule has 1 aliphatic rings. The minimum Gasteiger partial charge on any atom is -0.444 e. The van der Waals surface area contributed by atoms with Gasteiger partial charge in [-0.05, 0) is 69.7 Å². The highest BCUT2D eigenvalue weighted by atomic mass is 16.6. The third-order valence-electron chi connectivity index (χ3n) is 4.21. The molecule has 0 atom stereocenters. The van der Waals surface area contributed by atoms with Crippen molar-refractivity contribution in [3.8, 4) is 0 Å². The smallest absolute Gasteiger partial charge is 0.410 e. The minimum absolute atomic E-state index is 0.230. The third-order valence-corrected chi connectivity index (χ3v) is 4.21. The van der Waals surface area contributed by atoms with Crippen LogP contribution in [0.1, 0.15) is 56.2 Å². The van der Waals surface area contributed by atoms with Gasteiger partial charge in [-0.15, -0.1) is 0 Å². The van der Waals surface area contributed by atoms with Crippen LogP contribution in [0.2, 0.25) is 0 Å². The minimum atomic E-state index is -0.457. The topological polar surface area (TPSA) is 79.4 Å². The average molecular weight is 317 g/mol. The molecule has 1 amide bonds. The van der Waals surface area contributed by atoms with Crippen LogP contribution in [-0.4, -0.2) is 35.9 Å². The Morgan fingerprint density at radius 1 is 1.35 bits per heavy atom. The van der Waals surface area contributed by atoms with Crippen LogP contribution in [0.3, 0.4) is 0 Å². The van der Waals surface area contributed by atoms with E-state index in [4.69, 9.17) is 15.9 Å². The van der Waals surface area contributed by atoms with Gasteiger partial charge in [0.2, 0.25) is 0 Å². The molecule has 1 aromatic carbocycles. The van der Waals surface area contributed by atoms with E-state index in [0.717, 1.165) is 24.0 Å². The van der Waals surface area contributed by atoms with Crippen LogP contribution in [0, 0.1) is 12.3 Å². The number of ether oxygens (including phenoxy) is 1. The lowest BCUT2D eigenvalue weighted by atomic mass is 9.86. The van der Waals surface area contributed by atoms with E-state index in [2.05, 4.69) is 6.92 Å². The van der Waals surface area contributed by atoms with E-state index < -0.39 is 5.60 Å². The first-order valence-corrected chi connectivity index (χ1v) is 8.09. The number of piperidine rings is 1. The number of nitrogens with two attached hydrogens (primary N) is 1. The van der Waals surface area contributed by atoms with Crippen LogP contribution < -0.4 is 5.73 Å². The monoisotopic (exact) mass is 317 g/mol. The Bertz CT molecular complexity index is 597. The molecule has 1 saturated heterocycles. The van der Waals surface area contributed by atoms with Gasteiger partial charge in [-0.1, -0.05) is 0 Å². The molecule has 0 aliphatic carbocycles. The number of carbonyl (C=O) groups is 1. The lowest BCUT2D eigenvalue weighted by Gasteiger charge is -2.34. The second kappa shape index (κ2) is 6.60. The molecule has 0 bridgehead atoms. The normalized spacial score (nSPS) is 16.3. The van der Waals surface area contributed by atoms with E-state index in [-0.39, 0.29) is 6.09 Å². The number of amides is 1. The van der Waals surface area contributed by atoms with Crippen molar-refractivity contribution in [3.05, 3.63) is 28.8 Å². The molecule has 1 aromatic rings. The summed E-state index contributed by atoms with van der Waals surface area (Å²) in [6.07, 6.45) is 2.87. The number of likely N-dealkylation sites (tertiary alicyclic amines) is 1. The molecule has 23 heavy (non-hydrogen) atoms. The number of rotatable bonds is 2. The number of aryl methyl sites for hydroxylation is 1. The number of nitrogens with zero attached hydrogens (tertiary/aromatic N) is 1. The van der Waals surface area contributed by atoms with Crippen molar-refractivity contribution < 1.29 is 9.53 Å². The van der Waals surface area contributed by atoms with Gasteiger partial charge in [0.05, 0.1) is 0 Å². The molecule has 2 rings (SSSR count). The summed E-state index contributed by atoms with van der Waals surface area (Å²) in [4.78, 5) is 13.9. The van der Waals surface area contributed by atoms with E-state index in [9.17, 15) is 4.79 Å². The summed E-state index contributed by atoms with van der Waals surface area (Å²) in [6, 6.07) is 3.96. The van der Waals surface area contributed by atoms with Crippen molar-refractivity contribution in [3.63, 3.8) is 0 Å². The fraction of sp³-hybridized carbons (Fsp3) is 0.556. The lowest BCUT2D eigenvalue weighted by Crippen LogP contribution is -2.41. The van der Waals surface area contributed by atoms with E-state index in [0.29, 0.717) is 24.7 Å². The molecule has 3 N–H and O–H groups in total. The Hall–Kier alpha value is -2.04. The lowest BCUT2D eigenvalue weighted by molar-refractivity contribution is 0.0205. The van der Waals surface area contributed by atoms with Crippen LogP contribution in [0.25, 0.3) is 0 Å². The number of carbonyl (C=O) groups excluding carboxylic acids is 1. The second-order valence-electron chi connectivity index (χ2n) is 7.22. The maximum absolute atomic E-state index is 12.1. The fourth-order valence-electron chi connectivity index (χ4n) is 3.03. The van der Waals surface area contributed by atoms with Crippen LogP contribution in [0.15, 0.2) is 12.1 Å². The summed E-state index contributed by atoms with van der Waals surface area (Å²) < 4.78 is 5.43. The van der Waals surface area contributed by atoms with Crippen LogP contribution in [-0.2, 0) is 4.74 Å². The Balaban J connectivity index is 2.03. The van der Waals surface area contributed by atoms with Crippen molar-refractivity contribution in [1.29, 1.82) is 5.41 Å². The largest absolute Gasteiger partial charge is 0.444 e. The first kappa shape index (κ1) is 17.3. The second-order valence-corrected chi connectivity index (χ2v) is 7.22. The van der Waals surface area contributed by atoms with Crippen molar-refractivity contribution >= 4 is 18.0 Å². The van der Waals surface area contributed by atoms with Crippen LogP contribution in [0.4, 0.5) is 10.5 Å². The van der Waals surface area contributed by atoms with Crippen LogP contribution in [0.5, 0.6) is 0 Å². The molecule has 0 unspecified atom stereocenters.